The Kier molecular flexibility index (Phi) is 11.2. The molecule has 126 valence electrons. The number of carbonyl (C=O) groups excluding carboxylic acids is 1. The number of carbonyl (C=O) groups is 1. The van der Waals surface area contributed by atoms with E-state index in [0.29, 0.717) is 12.5 Å². The Bertz CT molecular complexity index is 476. The van der Waals surface area contributed by atoms with Crippen LogP contribution in [0, 0.1) is 0 Å². The number of amides is 1. The maximum atomic E-state index is 11.6. The predicted molar refractivity (Wildman–Crippen MR) is 103 cm³/mol. The maximum Gasteiger partial charge on any atom is 0.243 e. The van der Waals surface area contributed by atoms with Crippen molar-refractivity contribution in [3.05, 3.63) is 16.1 Å². The van der Waals surface area contributed by atoms with Gasteiger partial charge in [-0.2, -0.15) is 0 Å². The molecule has 1 amide bonds. The Morgan fingerprint density at radius 2 is 2.09 bits per heavy atom. The smallest absolute Gasteiger partial charge is 0.243 e. The average Bonchev–Trinajstić information content (AvgIpc) is 2.94. The second-order valence-corrected chi connectivity index (χ2v) is 6.01. The number of halogens is 1. The van der Waals surface area contributed by atoms with E-state index in [1.54, 1.807) is 25.4 Å². The molecule has 0 spiro atoms. The quantitative estimate of drug-likeness (QED) is 0.387. The fraction of sp³-hybridized carbons (Fsp3) is 0.643. The van der Waals surface area contributed by atoms with Gasteiger partial charge < -0.3 is 15.5 Å². The monoisotopic (exact) mass is 439 g/mol. The molecule has 8 heteroatoms. The number of hydrogen-bond acceptors (Lipinski definition) is 4. The first-order valence-corrected chi connectivity index (χ1v) is 8.04. The lowest BCUT2D eigenvalue weighted by atomic mass is 10.4. The van der Waals surface area contributed by atoms with Gasteiger partial charge in [0.05, 0.1) is 6.54 Å². The Morgan fingerprint density at radius 1 is 1.36 bits per heavy atom. The number of guanidine groups is 1. The predicted octanol–water partition coefficient (Wildman–Crippen LogP) is 1.86. The summed E-state index contributed by atoms with van der Waals surface area (Å²) >= 11 is 1.70. The van der Waals surface area contributed by atoms with Gasteiger partial charge >= 0.3 is 0 Å². The van der Waals surface area contributed by atoms with Gasteiger partial charge in [0, 0.05) is 31.7 Å². The topological polar surface area (TPSA) is 69.6 Å². The lowest BCUT2D eigenvalue weighted by Gasteiger charge is -2.12. The number of thiazole rings is 1. The molecule has 1 heterocycles. The first-order valence-electron chi connectivity index (χ1n) is 7.22. The number of hydrogen-bond donors (Lipinski definition) is 2. The van der Waals surface area contributed by atoms with Crippen LogP contribution in [0.25, 0.3) is 0 Å². The number of nitrogens with one attached hydrogen (secondary N) is 2. The molecule has 2 N–H and O–H groups in total. The second-order valence-electron chi connectivity index (χ2n) is 4.81. The first-order chi connectivity index (χ1) is 10.1. The Hall–Kier alpha value is -0.900. The summed E-state index contributed by atoms with van der Waals surface area (Å²) in [7, 11) is 3.46. The lowest BCUT2D eigenvalue weighted by Crippen LogP contribution is -2.38. The zero-order chi connectivity index (χ0) is 15.7. The molecule has 0 fully saturated rings. The number of aromatic nitrogens is 1. The second kappa shape index (κ2) is 11.6. The van der Waals surface area contributed by atoms with Crippen molar-refractivity contribution < 1.29 is 4.79 Å². The normalized spacial score (nSPS) is 10.8. The highest BCUT2D eigenvalue weighted by Crippen LogP contribution is 2.12. The molecule has 1 aromatic rings. The van der Waals surface area contributed by atoms with Gasteiger partial charge in [-0.15, -0.1) is 35.3 Å². The summed E-state index contributed by atoms with van der Waals surface area (Å²) in [6, 6.07) is 0. The van der Waals surface area contributed by atoms with E-state index in [1.807, 2.05) is 6.20 Å². The van der Waals surface area contributed by atoms with Gasteiger partial charge in [0.1, 0.15) is 11.6 Å². The van der Waals surface area contributed by atoms with E-state index in [2.05, 4.69) is 34.5 Å². The van der Waals surface area contributed by atoms with Crippen molar-refractivity contribution in [3.63, 3.8) is 0 Å². The molecule has 0 aromatic carbocycles. The minimum atomic E-state index is -0.0184. The Labute approximate surface area is 153 Å². The highest BCUT2D eigenvalue weighted by Gasteiger charge is 2.05. The molecule has 22 heavy (non-hydrogen) atoms. The van der Waals surface area contributed by atoms with Gasteiger partial charge in [-0.3, -0.25) is 4.79 Å². The molecule has 0 aliphatic carbocycles. The molecule has 0 atom stereocenters. The fourth-order valence-corrected chi connectivity index (χ4v) is 2.26. The molecule has 1 aromatic heterocycles. The average molecular weight is 439 g/mol. The largest absolute Gasteiger partial charge is 0.356 e. The molecular weight excluding hydrogens is 413 g/mol. The summed E-state index contributed by atoms with van der Waals surface area (Å²) in [6.07, 6.45) is 3.91. The molecule has 0 saturated heterocycles. The summed E-state index contributed by atoms with van der Waals surface area (Å²) in [5.41, 5.74) is 0. The van der Waals surface area contributed by atoms with Crippen LogP contribution in [0.2, 0.25) is 0 Å². The van der Waals surface area contributed by atoms with Gasteiger partial charge in [0.25, 0.3) is 0 Å². The van der Waals surface area contributed by atoms with Crippen LogP contribution in [-0.4, -0.2) is 48.9 Å². The minimum Gasteiger partial charge on any atom is -0.356 e. The third kappa shape index (κ3) is 7.92. The van der Waals surface area contributed by atoms with Crippen LogP contribution in [0.3, 0.4) is 0 Å². The number of rotatable bonds is 7. The molecule has 0 radical (unpaired) electrons. The van der Waals surface area contributed by atoms with E-state index in [0.717, 1.165) is 24.4 Å². The molecule has 0 unspecified atom stereocenters. The minimum absolute atomic E-state index is 0. The van der Waals surface area contributed by atoms with E-state index in [4.69, 9.17) is 0 Å². The van der Waals surface area contributed by atoms with Crippen molar-refractivity contribution in [2.45, 2.75) is 33.2 Å². The SMILES string of the molecule is CCCNC(=NCC(=O)N(C)C)NCc1ncc(CC)s1.I. The van der Waals surface area contributed by atoms with Crippen molar-refractivity contribution in [1.29, 1.82) is 0 Å². The van der Waals surface area contributed by atoms with Gasteiger partial charge in [0.15, 0.2) is 5.96 Å². The van der Waals surface area contributed by atoms with E-state index in [9.17, 15) is 4.79 Å². The number of likely N-dealkylation sites (N-methyl/N-ethyl adjacent to an activating group) is 1. The van der Waals surface area contributed by atoms with Crippen LogP contribution in [0.1, 0.15) is 30.2 Å². The van der Waals surface area contributed by atoms with Gasteiger partial charge in [0.2, 0.25) is 5.91 Å². The summed E-state index contributed by atoms with van der Waals surface area (Å²) in [5.74, 6) is 0.635. The van der Waals surface area contributed by atoms with Crippen LogP contribution in [0.15, 0.2) is 11.2 Å². The third-order valence-electron chi connectivity index (χ3n) is 2.77. The van der Waals surface area contributed by atoms with E-state index in [1.165, 1.54) is 9.78 Å². The van der Waals surface area contributed by atoms with Gasteiger partial charge in [-0.1, -0.05) is 13.8 Å². The highest BCUT2D eigenvalue weighted by atomic mass is 127. The molecule has 0 aliphatic rings. The maximum absolute atomic E-state index is 11.6. The lowest BCUT2D eigenvalue weighted by molar-refractivity contribution is -0.127. The Morgan fingerprint density at radius 3 is 2.64 bits per heavy atom. The summed E-state index contributed by atoms with van der Waals surface area (Å²) in [6.45, 7) is 5.79. The highest BCUT2D eigenvalue weighted by molar-refractivity contribution is 14.0. The zero-order valence-electron chi connectivity index (χ0n) is 13.7. The van der Waals surface area contributed by atoms with Crippen molar-refractivity contribution >= 4 is 47.2 Å². The molecule has 0 bridgehead atoms. The molecule has 0 aliphatic heterocycles. The van der Waals surface area contributed by atoms with Gasteiger partial charge in [-0.25, -0.2) is 9.98 Å². The van der Waals surface area contributed by atoms with Crippen molar-refractivity contribution in [1.82, 2.24) is 20.5 Å². The van der Waals surface area contributed by atoms with Crippen LogP contribution < -0.4 is 10.6 Å². The van der Waals surface area contributed by atoms with Crippen LogP contribution >= 0.6 is 35.3 Å². The van der Waals surface area contributed by atoms with E-state index in [-0.39, 0.29) is 36.4 Å². The van der Waals surface area contributed by atoms with E-state index >= 15 is 0 Å². The number of aliphatic imine (C=N–C) groups is 1. The van der Waals surface area contributed by atoms with Crippen molar-refractivity contribution in [2.24, 2.45) is 4.99 Å². The van der Waals surface area contributed by atoms with E-state index < -0.39 is 0 Å². The van der Waals surface area contributed by atoms with Crippen molar-refractivity contribution in [2.75, 3.05) is 27.2 Å². The van der Waals surface area contributed by atoms with Crippen LogP contribution in [-0.2, 0) is 17.8 Å². The number of aryl methyl sites for hydroxylation is 1. The summed E-state index contributed by atoms with van der Waals surface area (Å²) in [5, 5.41) is 7.44. The molecule has 6 nitrogen and oxygen atoms in total. The van der Waals surface area contributed by atoms with Gasteiger partial charge in [-0.05, 0) is 12.8 Å². The first kappa shape index (κ1) is 21.1. The van der Waals surface area contributed by atoms with Crippen LogP contribution in [0.5, 0.6) is 0 Å². The van der Waals surface area contributed by atoms with Crippen LogP contribution in [0.4, 0.5) is 0 Å². The Balaban J connectivity index is 0.00000441. The fourth-order valence-electron chi connectivity index (χ4n) is 1.46. The van der Waals surface area contributed by atoms with Crippen molar-refractivity contribution in [3.8, 4) is 0 Å². The third-order valence-corrected chi connectivity index (χ3v) is 3.91. The molecular formula is C14H26IN5OS. The molecule has 1 rings (SSSR count). The standard InChI is InChI=1S/C14H25N5OS.HI/c1-5-7-15-14(18-10-13(20)19(3)4)17-9-12-16-8-11(6-2)21-12;/h8H,5-7,9-10H2,1-4H3,(H2,15,17,18);1H. The zero-order valence-corrected chi connectivity index (χ0v) is 16.8. The summed E-state index contributed by atoms with van der Waals surface area (Å²) < 4.78 is 0. The summed E-state index contributed by atoms with van der Waals surface area (Å²) in [4.78, 5) is 23.1. The number of nitrogens with zero attached hydrogens (tertiary/aromatic N) is 3. The molecule has 0 saturated carbocycles.